The maximum absolute atomic E-state index is 14.7. The smallest absolute Gasteiger partial charge is 0.161 e. The van der Waals surface area contributed by atoms with Gasteiger partial charge in [-0.3, -0.25) is 0 Å². The zero-order chi connectivity index (χ0) is 29.5. The number of ether oxygens (including phenoxy) is 2. The Morgan fingerprint density at radius 2 is 0.952 bits per heavy atom. The second-order valence-corrected chi connectivity index (χ2v) is 13.1. The van der Waals surface area contributed by atoms with Crippen LogP contribution in [0.3, 0.4) is 0 Å². The molecule has 0 amide bonds. The summed E-state index contributed by atoms with van der Waals surface area (Å²) in [5.41, 5.74) is 2.96. The van der Waals surface area contributed by atoms with Gasteiger partial charge in [-0.1, -0.05) is 103 Å². The highest BCUT2D eigenvalue weighted by Crippen LogP contribution is 2.35. The quantitative estimate of drug-likeness (QED) is 0.254. The minimum atomic E-state index is -4.10. The lowest BCUT2D eigenvalue weighted by atomic mass is 9.94. The highest BCUT2D eigenvalue weighted by atomic mass is 32.2. The summed E-state index contributed by atoms with van der Waals surface area (Å²) >= 11 is 0. The van der Waals surface area contributed by atoms with E-state index in [1.54, 1.807) is 12.1 Å². The van der Waals surface area contributed by atoms with Crippen molar-refractivity contribution in [2.75, 3.05) is 0 Å². The van der Waals surface area contributed by atoms with Crippen LogP contribution in [0.15, 0.2) is 115 Å². The number of sulfone groups is 1. The van der Waals surface area contributed by atoms with Gasteiger partial charge in [-0.05, 0) is 47.2 Å². The number of benzene rings is 4. The molecule has 1 saturated heterocycles. The second kappa shape index (κ2) is 13.6. The highest BCUT2D eigenvalue weighted by molar-refractivity contribution is 7.92. The van der Waals surface area contributed by atoms with Crippen molar-refractivity contribution in [1.29, 1.82) is 0 Å². The first-order valence-corrected chi connectivity index (χ1v) is 15.7. The van der Waals surface area contributed by atoms with E-state index in [9.17, 15) is 23.7 Å². The fourth-order valence-electron chi connectivity index (χ4n) is 5.60. The molecule has 0 unspecified atom stereocenters. The predicted octanol–water partition coefficient (Wildman–Crippen LogP) is 4.24. The largest absolute Gasteiger partial charge is 0.508 e. The van der Waals surface area contributed by atoms with E-state index in [2.05, 4.69) is 0 Å². The van der Waals surface area contributed by atoms with Crippen LogP contribution in [0.1, 0.15) is 22.3 Å². The first kappa shape index (κ1) is 29.9. The van der Waals surface area contributed by atoms with Crippen LogP contribution in [-0.2, 0) is 45.4 Å². The highest BCUT2D eigenvalue weighted by Gasteiger charge is 2.54. The molecule has 8 heteroatoms. The van der Waals surface area contributed by atoms with Crippen molar-refractivity contribution < 1.29 is 33.2 Å². The number of hydrogen-bond acceptors (Lipinski definition) is 7. The Balaban J connectivity index is 1.55. The van der Waals surface area contributed by atoms with Crippen LogP contribution in [0.2, 0.25) is 0 Å². The van der Waals surface area contributed by atoms with E-state index in [4.69, 9.17) is 9.47 Å². The van der Waals surface area contributed by atoms with Gasteiger partial charge in [0.25, 0.3) is 0 Å². The molecule has 7 nitrogen and oxygen atoms in total. The summed E-state index contributed by atoms with van der Waals surface area (Å²) in [5.74, 6) is 0.0447. The lowest BCUT2D eigenvalue weighted by Gasteiger charge is -2.30. The van der Waals surface area contributed by atoms with E-state index in [0.29, 0.717) is 5.56 Å². The minimum absolute atomic E-state index is 0.0447. The first-order valence-electron chi connectivity index (χ1n) is 14.0. The Bertz CT molecular complexity index is 1510. The van der Waals surface area contributed by atoms with Crippen LogP contribution in [0.25, 0.3) is 0 Å². The molecule has 220 valence electrons. The zero-order valence-corrected chi connectivity index (χ0v) is 24.0. The first-order chi connectivity index (χ1) is 20.3. The van der Waals surface area contributed by atoms with Crippen molar-refractivity contribution in [2.24, 2.45) is 0 Å². The lowest BCUT2D eigenvalue weighted by molar-refractivity contribution is -0.139. The molecule has 0 bridgehead atoms. The fraction of sp³-hybridized carbons (Fsp3) is 0.294. The van der Waals surface area contributed by atoms with Crippen molar-refractivity contribution in [1.82, 2.24) is 0 Å². The van der Waals surface area contributed by atoms with Crippen molar-refractivity contribution in [2.45, 2.75) is 61.0 Å². The molecule has 0 aliphatic carbocycles. The molecule has 1 heterocycles. The fourth-order valence-corrected chi connectivity index (χ4v) is 8.13. The number of aliphatic hydroxyl groups excluding tert-OH is 2. The molecule has 5 rings (SSSR count). The Morgan fingerprint density at radius 1 is 0.548 bits per heavy atom. The number of aliphatic hydroxyl groups is 2. The van der Waals surface area contributed by atoms with Crippen LogP contribution < -0.4 is 0 Å². The molecule has 4 aromatic rings. The van der Waals surface area contributed by atoms with Gasteiger partial charge in [-0.2, -0.15) is 0 Å². The van der Waals surface area contributed by atoms with E-state index in [-0.39, 0.29) is 31.8 Å². The van der Waals surface area contributed by atoms with Crippen LogP contribution >= 0.6 is 0 Å². The summed E-state index contributed by atoms with van der Waals surface area (Å²) in [6.07, 6.45) is -5.43. The molecule has 0 aromatic heterocycles. The average Bonchev–Trinajstić information content (AvgIpc) is 3.05. The monoisotopic (exact) mass is 588 g/mol. The molecule has 4 aromatic carbocycles. The number of phenols is 1. The average molecular weight is 589 g/mol. The van der Waals surface area contributed by atoms with Gasteiger partial charge in [-0.15, -0.1) is 0 Å². The zero-order valence-electron chi connectivity index (χ0n) is 23.1. The number of aromatic hydroxyl groups is 1. The molecule has 1 aliphatic rings. The molecule has 1 aliphatic heterocycles. The Labute approximate surface area is 246 Å². The summed E-state index contributed by atoms with van der Waals surface area (Å²) in [6.45, 7) is -0.00316. The molecule has 0 saturated carbocycles. The summed E-state index contributed by atoms with van der Waals surface area (Å²) < 4.78 is 41.8. The van der Waals surface area contributed by atoms with Gasteiger partial charge in [0.05, 0.1) is 23.7 Å². The van der Waals surface area contributed by atoms with Crippen molar-refractivity contribution in [3.8, 4) is 5.75 Å². The third kappa shape index (κ3) is 7.09. The van der Waals surface area contributed by atoms with Gasteiger partial charge >= 0.3 is 0 Å². The number of hydrogen-bond donors (Lipinski definition) is 3. The summed E-state index contributed by atoms with van der Waals surface area (Å²) in [6, 6.07) is 34.2. The van der Waals surface area contributed by atoms with Gasteiger partial charge in [-0.25, -0.2) is 8.42 Å². The van der Waals surface area contributed by atoms with E-state index >= 15 is 0 Å². The Hall–Kier alpha value is -3.53. The van der Waals surface area contributed by atoms with E-state index in [1.165, 1.54) is 12.1 Å². The van der Waals surface area contributed by atoms with E-state index in [0.717, 1.165) is 16.7 Å². The summed E-state index contributed by atoms with van der Waals surface area (Å²) in [4.78, 5) is 0. The molecule has 0 radical (unpaired) electrons. The van der Waals surface area contributed by atoms with Gasteiger partial charge in [0, 0.05) is 0 Å². The van der Waals surface area contributed by atoms with Crippen molar-refractivity contribution in [3.63, 3.8) is 0 Å². The molecule has 42 heavy (non-hydrogen) atoms. The Kier molecular flexibility index (Phi) is 9.72. The van der Waals surface area contributed by atoms with E-state index in [1.807, 2.05) is 91.0 Å². The van der Waals surface area contributed by atoms with Gasteiger partial charge < -0.3 is 24.8 Å². The SMILES string of the molecule is O=S1(=O)[C@H](Cc2ccccc2)[C@H](OCc2ccccc2)[C@H](O)[C@@H](O)[C@@H](OCc2cccc(O)c2)[C@H]1Cc1ccccc1. The minimum Gasteiger partial charge on any atom is -0.508 e. The van der Waals surface area contributed by atoms with Gasteiger partial charge in [0.1, 0.15) is 30.2 Å². The number of phenolic OH excluding ortho intramolecular Hbond substituents is 1. The van der Waals surface area contributed by atoms with Gasteiger partial charge in [0.2, 0.25) is 0 Å². The molecule has 3 N–H and O–H groups in total. The molecule has 1 fully saturated rings. The van der Waals surface area contributed by atoms with E-state index < -0.39 is 44.8 Å². The van der Waals surface area contributed by atoms with Gasteiger partial charge in [0.15, 0.2) is 9.84 Å². The topological polar surface area (TPSA) is 113 Å². The molecular formula is C34H36O7S. The molecule has 6 atom stereocenters. The van der Waals surface area contributed by atoms with Crippen LogP contribution in [0.5, 0.6) is 5.75 Å². The van der Waals surface area contributed by atoms with Crippen molar-refractivity contribution in [3.05, 3.63) is 138 Å². The number of rotatable bonds is 10. The molecule has 0 spiro atoms. The maximum atomic E-state index is 14.7. The second-order valence-electron chi connectivity index (χ2n) is 10.7. The van der Waals surface area contributed by atoms with Crippen molar-refractivity contribution >= 4 is 9.84 Å². The lowest BCUT2D eigenvalue weighted by Crippen LogP contribution is -2.49. The predicted molar refractivity (Wildman–Crippen MR) is 161 cm³/mol. The van der Waals surface area contributed by atoms with Crippen LogP contribution in [0, 0.1) is 0 Å². The van der Waals surface area contributed by atoms with Crippen LogP contribution in [0.4, 0.5) is 0 Å². The molecular weight excluding hydrogens is 552 g/mol. The third-order valence-corrected chi connectivity index (χ3v) is 10.4. The maximum Gasteiger partial charge on any atom is 0.161 e. The normalized spacial score (nSPS) is 25.5. The summed E-state index contributed by atoms with van der Waals surface area (Å²) in [5, 5.41) is 30.8. The standard InChI is InChI=1S/C34H36O7S/c35-28-18-10-17-27(19-28)23-41-34-30(21-25-13-6-2-7-14-25)42(38,39)29(20-24-11-4-1-5-12-24)33(31(36)32(34)37)40-22-26-15-8-3-9-16-26/h1-19,29-37H,20-23H2/t29-,30-,31-,32-,33+,34+/m1/s1. The van der Waals surface area contributed by atoms with Crippen LogP contribution in [-0.4, -0.2) is 58.7 Å². The Morgan fingerprint density at radius 3 is 1.40 bits per heavy atom. The third-order valence-electron chi connectivity index (χ3n) is 7.80. The summed E-state index contributed by atoms with van der Waals surface area (Å²) in [7, 11) is -4.10.